The summed E-state index contributed by atoms with van der Waals surface area (Å²) in [6.07, 6.45) is 1.38. The lowest BCUT2D eigenvalue weighted by molar-refractivity contribution is 0.0958. The lowest BCUT2D eigenvalue weighted by atomic mass is 10.2. The van der Waals surface area contributed by atoms with Crippen molar-refractivity contribution in [2.24, 2.45) is 0 Å². The Balaban J connectivity index is 2.15. The first-order valence-electron chi connectivity index (χ1n) is 6.23. The smallest absolute Gasteiger partial charge is 0.269 e. The average molecular weight is 305 g/mol. The Bertz CT molecular complexity index is 730. The van der Waals surface area contributed by atoms with Crippen molar-refractivity contribution in [3.63, 3.8) is 0 Å². The highest BCUT2D eigenvalue weighted by molar-refractivity contribution is 7.91. The number of nitrogens with zero attached hydrogens (tertiary/aromatic N) is 1. The predicted octanol–water partition coefficient (Wildman–Crippen LogP) is 1.38. The van der Waals surface area contributed by atoms with Crippen LogP contribution in [0.3, 0.4) is 0 Å². The molecule has 7 heteroatoms. The zero-order valence-corrected chi connectivity index (χ0v) is 12.2. The largest absolute Gasteiger partial charge is 0.354 e. The maximum atomic E-state index is 12.1. The highest BCUT2D eigenvalue weighted by Crippen LogP contribution is 2.13. The maximum absolute atomic E-state index is 12.1. The second-order valence-corrected chi connectivity index (χ2v) is 6.08. The van der Waals surface area contributed by atoms with E-state index in [1.807, 2.05) is 6.07 Å². The molecule has 1 aromatic heterocycles. The molecule has 0 bridgehead atoms. The predicted molar refractivity (Wildman–Crippen MR) is 80.3 cm³/mol. The highest BCUT2D eigenvalue weighted by Gasteiger charge is 2.13. The fourth-order valence-corrected chi connectivity index (χ4v) is 2.95. The molecule has 2 N–H and O–H groups in total. The van der Waals surface area contributed by atoms with Crippen molar-refractivity contribution in [3.8, 4) is 0 Å². The Hall–Kier alpha value is -2.41. The Labute approximate surface area is 123 Å². The van der Waals surface area contributed by atoms with Gasteiger partial charge in [0.05, 0.1) is 11.4 Å². The van der Waals surface area contributed by atoms with Crippen molar-refractivity contribution >= 4 is 21.6 Å². The number of benzene rings is 1. The number of hydrogen-bond donors (Lipinski definition) is 2. The van der Waals surface area contributed by atoms with Crippen LogP contribution in [0.2, 0.25) is 0 Å². The third-order valence-corrected chi connectivity index (χ3v) is 3.95. The molecule has 6 nitrogen and oxygen atoms in total. The number of sulfonamides is 1. The Morgan fingerprint density at radius 2 is 1.90 bits per heavy atom. The molecule has 0 saturated carbocycles. The van der Waals surface area contributed by atoms with Crippen molar-refractivity contribution in [1.29, 1.82) is 0 Å². The van der Waals surface area contributed by atoms with Crippen LogP contribution in [0.15, 0.2) is 48.7 Å². The van der Waals surface area contributed by atoms with E-state index >= 15 is 0 Å². The Morgan fingerprint density at radius 1 is 1.19 bits per heavy atom. The topological polar surface area (TPSA) is 88.2 Å². The van der Waals surface area contributed by atoms with Crippen molar-refractivity contribution in [2.45, 2.75) is 5.75 Å². The lowest BCUT2D eigenvalue weighted by Gasteiger charge is -2.09. The fourth-order valence-electron chi connectivity index (χ4n) is 1.76. The minimum atomic E-state index is -3.55. The summed E-state index contributed by atoms with van der Waals surface area (Å²) in [6.45, 7) is 0. The van der Waals surface area contributed by atoms with Gasteiger partial charge in [0.1, 0.15) is 5.69 Å². The number of hydrogen-bond acceptors (Lipinski definition) is 4. The van der Waals surface area contributed by atoms with Gasteiger partial charge < -0.3 is 5.32 Å². The monoisotopic (exact) mass is 305 g/mol. The number of nitrogens with one attached hydrogen (secondary N) is 2. The quantitative estimate of drug-likeness (QED) is 0.873. The molecule has 0 radical (unpaired) electrons. The van der Waals surface area contributed by atoms with Crippen molar-refractivity contribution in [3.05, 3.63) is 59.9 Å². The van der Waals surface area contributed by atoms with E-state index in [-0.39, 0.29) is 17.4 Å². The normalized spacial score (nSPS) is 10.9. The Morgan fingerprint density at radius 3 is 2.57 bits per heavy atom. The molecular weight excluding hydrogens is 290 g/mol. The van der Waals surface area contributed by atoms with Crippen molar-refractivity contribution in [1.82, 2.24) is 10.3 Å². The van der Waals surface area contributed by atoms with Gasteiger partial charge in [-0.15, -0.1) is 0 Å². The summed E-state index contributed by atoms with van der Waals surface area (Å²) in [7, 11) is -2.06. The first-order chi connectivity index (χ1) is 10.00. The van der Waals surface area contributed by atoms with E-state index in [0.29, 0.717) is 11.3 Å². The molecule has 1 heterocycles. The minimum Gasteiger partial charge on any atom is -0.354 e. The van der Waals surface area contributed by atoms with Gasteiger partial charge in [-0.25, -0.2) is 8.42 Å². The second kappa shape index (κ2) is 6.36. The van der Waals surface area contributed by atoms with E-state index < -0.39 is 10.0 Å². The number of amides is 1. The van der Waals surface area contributed by atoms with E-state index in [1.54, 1.807) is 24.3 Å². The first-order valence-corrected chi connectivity index (χ1v) is 7.88. The van der Waals surface area contributed by atoms with Gasteiger partial charge >= 0.3 is 0 Å². The third kappa shape index (κ3) is 4.28. The van der Waals surface area contributed by atoms with Gasteiger partial charge in [0.15, 0.2) is 0 Å². The molecule has 0 unspecified atom stereocenters. The van der Waals surface area contributed by atoms with Crippen LogP contribution in [0.4, 0.5) is 5.69 Å². The number of carbonyl (C=O) groups is 1. The second-order valence-electron chi connectivity index (χ2n) is 4.36. The van der Waals surface area contributed by atoms with Gasteiger partial charge in [0, 0.05) is 13.2 Å². The Kier molecular flexibility index (Phi) is 4.54. The van der Waals surface area contributed by atoms with Gasteiger partial charge in [-0.05, 0) is 17.7 Å². The zero-order chi connectivity index (χ0) is 15.3. The van der Waals surface area contributed by atoms with Crippen LogP contribution in [-0.4, -0.2) is 26.4 Å². The summed E-state index contributed by atoms with van der Waals surface area (Å²) in [5.41, 5.74) is 1.14. The molecule has 0 spiro atoms. The van der Waals surface area contributed by atoms with Gasteiger partial charge in [-0.1, -0.05) is 30.3 Å². The van der Waals surface area contributed by atoms with Crippen LogP contribution < -0.4 is 10.0 Å². The minimum absolute atomic E-state index is 0.133. The molecule has 1 amide bonds. The third-order valence-electron chi connectivity index (χ3n) is 2.69. The fraction of sp³-hybridized carbons (Fsp3) is 0.143. The standard InChI is InChI=1S/C14H15N3O3S/c1-15-14(18)13-9-12(7-8-16-13)17-21(19,20)10-11-5-3-2-4-6-11/h2-9H,10H2,1H3,(H,15,18)(H,16,17). The van der Waals surface area contributed by atoms with E-state index in [0.717, 1.165) is 0 Å². The molecule has 2 rings (SSSR count). The van der Waals surface area contributed by atoms with Crippen LogP contribution >= 0.6 is 0 Å². The van der Waals surface area contributed by atoms with Gasteiger partial charge in [0.2, 0.25) is 10.0 Å². The molecule has 0 atom stereocenters. The van der Waals surface area contributed by atoms with Gasteiger partial charge in [-0.2, -0.15) is 0 Å². The number of pyridine rings is 1. The summed E-state index contributed by atoms with van der Waals surface area (Å²) in [5, 5.41) is 2.43. The van der Waals surface area contributed by atoms with E-state index in [2.05, 4.69) is 15.0 Å². The number of carbonyl (C=O) groups excluding carboxylic acids is 1. The summed E-state index contributed by atoms with van der Waals surface area (Å²) in [5.74, 6) is -0.509. The van der Waals surface area contributed by atoms with Gasteiger partial charge in [-0.3, -0.25) is 14.5 Å². The van der Waals surface area contributed by atoms with E-state index in [1.165, 1.54) is 25.4 Å². The molecule has 0 saturated heterocycles. The highest BCUT2D eigenvalue weighted by atomic mass is 32.2. The molecule has 0 aliphatic heterocycles. The first kappa shape index (κ1) is 15.0. The van der Waals surface area contributed by atoms with Crippen LogP contribution in [0, 0.1) is 0 Å². The molecule has 110 valence electrons. The number of aromatic nitrogens is 1. The number of anilines is 1. The molecule has 0 aliphatic rings. The summed E-state index contributed by atoms with van der Waals surface area (Å²) in [4.78, 5) is 15.3. The van der Waals surface area contributed by atoms with Crippen molar-refractivity contribution < 1.29 is 13.2 Å². The van der Waals surface area contributed by atoms with Gasteiger partial charge in [0.25, 0.3) is 5.91 Å². The molecule has 21 heavy (non-hydrogen) atoms. The van der Waals surface area contributed by atoms with Crippen LogP contribution in [-0.2, 0) is 15.8 Å². The lowest BCUT2D eigenvalue weighted by Crippen LogP contribution is -2.20. The maximum Gasteiger partial charge on any atom is 0.269 e. The van der Waals surface area contributed by atoms with E-state index in [4.69, 9.17) is 0 Å². The molecule has 0 fully saturated rings. The van der Waals surface area contributed by atoms with E-state index in [9.17, 15) is 13.2 Å². The number of rotatable bonds is 5. The molecule has 0 aliphatic carbocycles. The molecule has 2 aromatic rings. The SMILES string of the molecule is CNC(=O)c1cc(NS(=O)(=O)Cc2ccccc2)ccn1. The van der Waals surface area contributed by atoms with Crippen LogP contribution in [0.1, 0.15) is 16.1 Å². The zero-order valence-electron chi connectivity index (χ0n) is 11.4. The van der Waals surface area contributed by atoms with Crippen LogP contribution in [0.25, 0.3) is 0 Å². The summed E-state index contributed by atoms with van der Waals surface area (Å²) in [6, 6.07) is 11.7. The molecular formula is C14H15N3O3S. The van der Waals surface area contributed by atoms with Crippen LogP contribution in [0.5, 0.6) is 0 Å². The molecule has 1 aromatic carbocycles. The van der Waals surface area contributed by atoms with Crippen molar-refractivity contribution in [2.75, 3.05) is 11.8 Å². The average Bonchev–Trinajstić information content (AvgIpc) is 2.46. The summed E-state index contributed by atoms with van der Waals surface area (Å²) >= 11 is 0. The summed E-state index contributed by atoms with van der Waals surface area (Å²) < 4.78 is 26.6.